The predicted molar refractivity (Wildman–Crippen MR) is 101 cm³/mol. The van der Waals surface area contributed by atoms with Crippen LogP contribution in [0.4, 0.5) is 10.1 Å². The van der Waals surface area contributed by atoms with Crippen LogP contribution in [-0.2, 0) is 15.6 Å². The second-order valence-corrected chi connectivity index (χ2v) is 9.33. The first-order chi connectivity index (χ1) is 12.5. The molecule has 1 aromatic heterocycles. The zero-order chi connectivity index (χ0) is 20.0. The molecule has 8 nitrogen and oxygen atoms in total. The number of halogens is 1. The number of carbonyl (C=O) groups is 1. The average molecular weight is 411 g/mol. The molecule has 1 saturated heterocycles. The van der Waals surface area contributed by atoms with Gasteiger partial charge in [0, 0.05) is 29.4 Å². The quantitative estimate of drug-likeness (QED) is 0.713. The van der Waals surface area contributed by atoms with Gasteiger partial charge in [0.25, 0.3) is 5.91 Å². The first-order valence-electron chi connectivity index (χ1n) is 7.89. The van der Waals surface area contributed by atoms with Crippen molar-refractivity contribution in [3.8, 4) is 0 Å². The van der Waals surface area contributed by atoms with Gasteiger partial charge in [0.15, 0.2) is 5.01 Å². The lowest BCUT2D eigenvalue weighted by molar-refractivity contribution is 0.102. The molecule has 3 N–H and O–H groups in total. The van der Waals surface area contributed by atoms with Gasteiger partial charge in [0.1, 0.15) is 5.82 Å². The van der Waals surface area contributed by atoms with Gasteiger partial charge in [0.2, 0.25) is 16.0 Å². The molecule has 0 spiro atoms. The van der Waals surface area contributed by atoms with E-state index in [2.05, 4.69) is 15.6 Å². The summed E-state index contributed by atoms with van der Waals surface area (Å²) in [4.78, 5) is 16.4. The van der Waals surface area contributed by atoms with E-state index in [-0.39, 0.29) is 16.5 Å². The fourth-order valence-corrected chi connectivity index (χ4v) is 4.96. The average Bonchev–Trinajstić information content (AvgIpc) is 3.00. The summed E-state index contributed by atoms with van der Waals surface area (Å²) < 4.78 is 39.9. The number of hydrogen-bond donors (Lipinski definition) is 3. The molecular formula is C16H18FN5O3S2. The first-order valence-corrected chi connectivity index (χ1v) is 10.4. The highest BCUT2D eigenvalue weighted by Gasteiger charge is 2.43. The fraction of sp³-hybridized carbons (Fsp3) is 0.312. The van der Waals surface area contributed by atoms with Gasteiger partial charge in [-0.3, -0.25) is 10.2 Å². The number of sulfonamides is 1. The Morgan fingerprint density at radius 1 is 1.48 bits per heavy atom. The van der Waals surface area contributed by atoms with E-state index in [9.17, 15) is 17.6 Å². The van der Waals surface area contributed by atoms with E-state index in [1.807, 2.05) is 0 Å². The highest BCUT2D eigenvalue weighted by atomic mass is 32.2. The number of benzene rings is 1. The number of carbonyl (C=O) groups excluding carboxylic acids is 1. The van der Waals surface area contributed by atoms with Crippen molar-refractivity contribution in [1.82, 2.24) is 14.6 Å². The fourth-order valence-electron chi connectivity index (χ4n) is 2.79. The summed E-state index contributed by atoms with van der Waals surface area (Å²) in [5, 5.41) is 15.2. The Morgan fingerprint density at radius 3 is 2.78 bits per heavy atom. The molecule has 0 unspecified atom stereocenters. The lowest BCUT2D eigenvalue weighted by atomic mass is 9.93. The lowest BCUT2D eigenvalue weighted by Gasteiger charge is -2.40. The van der Waals surface area contributed by atoms with Gasteiger partial charge < -0.3 is 10.6 Å². The minimum Gasteiger partial charge on any atom is -0.345 e. The first kappa shape index (κ1) is 19.2. The van der Waals surface area contributed by atoms with Crippen LogP contribution in [0.3, 0.4) is 0 Å². The maximum absolute atomic E-state index is 14.5. The minimum absolute atomic E-state index is 0.0389. The Morgan fingerprint density at radius 2 is 2.19 bits per heavy atom. The SMILES string of the molecule is Cc1csc(C(=O)Nc2ccc(F)c([C@]3(C)CS(=O)(=O)N(C)C(=N)N3)c2)n1. The Kier molecular flexibility index (Phi) is 4.68. The van der Waals surface area contributed by atoms with E-state index in [1.54, 1.807) is 12.3 Å². The molecule has 11 heteroatoms. The number of nitrogens with one attached hydrogen (secondary N) is 3. The number of hydrogen-bond acceptors (Lipinski definition) is 6. The maximum atomic E-state index is 14.5. The molecule has 1 atom stereocenters. The number of guanidine groups is 1. The molecule has 1 aromatic carbocycles. The van der Waals surface area contributed by atoms with Crippen molar-refractivity contribution in [3.63, 3.8) is 0 Å². The maximum Gasteiger partial charge on any atom is 0.284 e. The minimum atomic E-state index is -3.78. The van der Waals surface area contributed by atoms with Crippen molar-refractivity contribution in [2.24, 2.45) is 0 Å². The molecule has 1 aliphatic heterocycles. The van der Waals surface area contributed by atoms with Crippen molar-refractivity contribution in [2.45, 2.75) is 19.4 Å². The molecule has 0 bridgehead atoms. The molecule has 1 fully saturated rings. The van der Waals surface area contributed by atoms with Gasteiger partial charge in [0.05, 0.1) is 11.3 Å². The van der Waals surface area contributed by atoms with Crippen LogP contribution in [0.25, 0.3) is 0 Å². The summed E-state index contributed by atoms with van der Waals surface area (Å²) in [7, 11) is -2.52. The van der Waals surface area contributed by atoms with E-state index < -0.39 is 33.0 Å². The summed E-state index contributed by atoms with van der Waals surface area (Å²) in [6.45, 7) is 3.27. The third-order valence-corrected chi connectivity index (χ3v) is 7.15. The number of thiazole rings is 1. The summed E-state index contributed by atoms with van der Waals surface area (Å²) >= 11 is 1.19. The monoisotopic (exact) mass is 411 g/mol. The largest absolute Gasteiger partial charge is 0.345 e. The molecule has 2 aromatic rings. The van der Waals surface area contributed by atoms with E-state index in [0.29, 0.717) is 5.69 Å². The van der Waals surface area contributed by atoms with Gasteiger partial charge in [-0.1, -0.05) is 0 Å². The summed E-state index contributed by atoms with van der Waals surface area (Å²) in [5.41, 5.74) is -0.297. The second kappa shape index (κ2) is 6.57. The van der Waals surface area contributed by atoms with Crippen LogP contribution in [0.1, 0.15) is 28.0 Å². The second-order valence-electron chi connectivity index (χ2n) is 6.47. The van der Waals surface area contributed by atoms with E-state index in [4.69, 9.17) is 5.41 Å². The molecule has 3 rings (SSSR count). The van der Waals surface area contributed by atoms with Gasteiger partial charge in [-0.05, 0) is 32.0 Å². The van der Waals surface area contributed by atoms with Crippen LogP contribution in [0, 0.1) is 18.2 Å². The zero-order valence-corrected chi connectivity index (χ0v) is 16.5. The zero-order valence-electron chi connectivity index (χ0n) is 14.8. The molecule has 0 saturated carbocycles. The van der Waals surface area contributed by atoms with Crippen molar-refractivity contribution in [1.29, 1.82) is 5.41 Å². The van der Waals surface area contributed by atoms with Crippen LogP contribution < -0.4 is 10.6 Å². The lowest BCUT2D eigenvalue weighted by Crippen LogP contribution is -2.61. The van der Waals surface area contributed by atoms with E-state index >= 15 is 0 Å². The Hall–Kier alpha value is -2.53. The normalized spacial score (nSPS) is 21.6. The van der Waals surface area contributed by atoms with Crippen LogP contribution in [-0.4, -0.2) is 42.4 Å². The number of aromatic nitrogens is 1. The van der Waals surface area contributed by atoms with Gasteiger partial charge in [-0.2, -0.15) is 0 Å². The topological polar surface area (TPSA) is 115 Å². The third-order valence-electron chi connectivity index (χ3n) is 4.23. The van der Waals surface area contributed by atoms with Crippen LogP contribution in [0.5, 0.6) is 0 Å². The molecule has 27 heavy (non-hydrogen) atoms. The number of aryl methyl sites for hydroxylation is 1. The molecule has 1 amide bonds. The van der Waals surface area contributed by atoms with E-state index in [0.717, 1.165) is 16.1 Å². The van der Waals surface area contributed by atoms with Gasteiger partial charge in [-0.15, -0.1) is 11.3 Å². The molecule has 144 valence electrons. The molecule has 1 aliphatic rings. The summed E-state index contributed by atoms with van der Waals surface area (Å²) in [6.07, 6.45) is 0. The number of rotatable bonds is 3. The number of nitrogens with zero attached hydrogens (tertiary/aromatic N) is 2. The smallest absolute Gasteiger partial charge is 0.284 e. The van der Waals surface area contributed by atoms with Gasteiger partial charge in [-0.25, -0.2) is 22.1 Å². The third kappa shape index (κ3) is 3.65. The van der Waals surface area contributed by atoms with E-state index in [1.165, 1.54) is 37.4 Å². The highest BCUT2D eigenvalue weighted by Crippen LogP contribution is 2.31. The molecular weight excluding hydrogens is 393 g/mol. The van der Waals surface area contributed by atoms with Crippen LogP contribution >= 0.6 is 11.3 Å². The Labute approximate surface area is 160 Å². The predicted octanol–water partition coefficient (Wildman–Crippen LogP) is 1.86. The molecule has 2 heterocycles. The van der Waals surface area contributed by atoms with Gasteiger partial charge >= 0.3 is 0 Å². The van der Waals surface area contributed by atoms with Crippen molar-refractivity contribution >= 4 is 38.9 Å². The van der Waals surface area contributed by atoms with Crippen molar-refractivity contribution < 1.29 is 17.6 Å². The Balaban J connectivity index is 1.93. The molecule has 0 aliphatic carbocycles. The number of anilines is 1. The Bertz CT molecular complexity index is 1040. The van der Waals surface area contributed by atoms with Crippen molar-refractivity contribution in [2.75, 3.05) is 18.1 Å². The van der Waals surface area contributed by atoms with Crippen LogP contribution in [0.15, 0.2) is 23.6 Å². The van der Waals surface area contributed by atoms with Crippen LogP contribution in [0.2, 0.25) is 0 Å². The summed E-state index contributed by atoms with van der Waals surface area (Å²) in [6, 6.07) is 3.91. The van der Waals surface area contributed by atoms with Crippen molar-refractivity contribution in [3.05, 3.63) is 45.7 Å². The standard InChI is InChI=1S/C16H18FN5O3S2/c1-9-7-26-14(19-9)13(23)20-10-4-5-12(17)11(6-10)16(2)8-27(24,25)22(3)15(18)21-16/h4-7H,8H2,1-3H3,(H2,18,21)(H,20,23)/t16-/m0/s1. The summed E-state index contributed by atoms with van der Waals surface area (Å²) in [5.74, 6) is -1.86. The highest BCUT2D eigenvalue weighted by molar-refractivity contribution is 7.89. The number of amides is 1. The molecule has 0 radical (unpaired) electrons.